The van der Waals surface area contributed by atoms with Gasteiger partial charge in [0.25, 0.3) is 0 Å². The number of carboxylic acid groups (broad SMARTS) is 1. The number of hydrogen-bond acceptors (Lipinski definition) is 3. The normalized spacial score (nSPS) is 30.3. The van der Waals surface area contributed by atoms with Crippen LogP contribution in [-0.2, 0) is 9.53 Å². The van der Waals surface area contributed by atoms with Crippen molar-refractivity contribution in [1.82, 2.24) is 0 Å². The average Bonchev–Trinajstić information content (AvgIpc) is 2.46. The topological polar surface area (TPSA) is 46.5 Å². The molecule has 1 rings (SSSR count). The van der Waals surface area contributed by atoms with Crippen LogP contribution in [0.4, 0.5) is 0 Å². The molecule has 76 valence electrons. The summed E-state index contributed by atoms with van der Waals surface area (Å²) in [6.45, 7) is 4.69. The van der Waals surface area contributed by atoms with Gasteiger partial charge in [-0.25, -0.2) is 0 Å². The first-order chi connectivity index (χ1) is 6.15. The first-order valence-corrected chi connectivity index (χ1v) is 5.59. The number of carboxylic acids is 1. The highest BCUT2D eigenvalue weighted by Gasteiger charge is 2.29. The fourth-order valence-electron chi connectivity index (χ4n) is 1.43. The van der Waals surface area contributed by atoms with Crippen LogP contribution in [0.1, 0.15) is 26.7 Å². The highest BCUT2D eigenvalue weighted by Crippen LogP contribution is 2.30. The van der Waals surface area contributed by atoms with Crippen LogP contribution < -0.4 is 0 Å². The van der Waals surface area contributed by atoms with Crippen molar-refractivity contribution in [3.8, 4) is 0 Å². The van der Waals surface area contributed by atoms with Crippen molar-refractivity contribution in [3.63, 3.8) is 0 Å². The Morgan fingerprint density at radius 2 is 2.46 bits per heavy atom. The molecule has 3 unspecified atom stereocenters. The summed E-state index contributed by atoms with van der Waals surface area (Å²) in [5.41, 5.74) is 0. The molecule has 1 saturated heterocycles. The zero-order chi connectivity index (χ0) is 9.84. The summed E-state index contributed by atoms with van der Waals surface area (Å²) in [6, 6.07) is 0. The Hall–Kier alpha value is -0.220. The predicted molar refractivity (Wildman–Crippen MR) is 53.1 cm³/mol. The number of thioether (sulfide) groups is 1. The van der Waals surface area contributed by atoms with Gasteiger partial charge in [0.1, 0.15) is 5.25 Å². The first kappa shape index (κ1) is 10.9. The van der Waals surface area contributed by atoms with Gasteiger partial charge in [0, 0.05) is 11.9 Å². The molecule has 0 radical (unpaired) electrons. The molecule has 0 aliphatic carbocycles. The molecule has 1 heterocycles. The largest absolute Gasteiger partial charge is 0.480 e. The minimum atomic E-state index is -0.702. The van der Waals surface area contributed by atoms with E-state index in [-0.39, 0.29) is 11.4 Å². The highest BCUT2D eigenvalue weighted by atomic mass is 32.2. The fraction of sp³-hybridized carbons (Fsp3) is 0.889. The van der Waals surface area contributed by atoms with E-state index in [9.17, 15) is 4.79 Å². The van der Waals surface area contributed by atoms with Crippen LogP contribution in [0.5, 0.6) is 0 Å². The maximum atomic E-state index is 10.8. The van der Waals surface area contributed by atoms with E-state index in [4.69, 9.17) is 9.84 Å². The van der Waals surface area contributed by atoms with E-state index in [0.29, 0.717) is 11.7 Å². The van der Waals surface area contributed by atoms with Crippen LogP contribution in [0, 0.1) is 0 Å². The lowest BCUT2D eigenvalue weighted by molar-refractivity contribution is -0.136. The lowest BCUT2D eigenvalue weighted by atomic mass is 10.2. The smallest absolute Gasteiger partial charge is 0.316 e. The standard InChI is InChI=1S/C9H16O3S/c1-3-7(9(10)11)13-8-4-5-12-6(8)2/h6-8H,3-5H2,1-2H3,(H,10,11). The van der Waals surface area contributed by atoms with Crippen molar-refractivity contribution in [2.24, 2.45) is 0 Å². The van der Waals surface area contributed by atoms with Gasteiger partial charge in [0.2, 0.25) is 0 Å². The number of ether oxygens (including phenoxy) is 1. The molecule has 4 heteroatoms. The molecular formula is C9H16O3S. The summed E-state index contributed by atoms with van der Waals surface area (Å²) in [4.78, 5) is 10.8. The maximum Gasteiger partial charge on any atom is 0.316 e. The summed E-state index contributed by atoms with van der Waals surface area (Å²) in [6.07, 6.45) is 1.87. The van der Waals surface area contributed by atoms with Crippen molar-refractivity contribution >= 4 is 17.7 Å². The van der Waals surface area contributed by atoms with Crippen molar-refractivity contribution < 1.29 is 14.6 Å². The molecule has 1 aliphatic heterocycles. The van der Waals surface area contributed by atoms with Crippen molar-refractivity contribution in [2.75, 3.05) is 6.61 Å². The van der Waals surface area contributed by atoms with Crippen molar-refractivity contribution in [3.05, 3.63) is 0 Å². The summed E-state index contributed by atoms with van der Waals surface area (Å²) in [7, 11) is 0. The van der Waals surface area contributed by atoms with E-state index in [2.05, 4.69) is 0 Å². The van der Waals surface area contributed by atoms with E-state index < -0.39 is 5.97 Å². The number of carbonyl (C=O) groups is 1. The lowest BCUT2D eigenvalue weighted by Crippen LogP contribution is -2.23. The number of rotatable bonds is 4. The molecule has 0 amide bonds. The van der Waals surface area contributed by atoms with E-state index >= 15 is 0 Å². The van der Waals surface area contributed by atoms with Gasteiger partial charge in [-0.1, -0.05) is 6.92 Å². The summed E-state index contributed by atoms with van der Waals surface area (Å²) < 4.78 is 5.38. The summed E-state index contributed by atoms with van der Waals surface area (Å²) in [5.74, 6) is -0.702. The lowest BCUT2D eigenvalue weighted by Gasteiger charge is -2.17. The Labute approximate surface area is 82.8 Å². The molecule has 0 aromatic heterocycles. The molecule has 3 atom stereocenters. The van der Waals surface area contributed by atoms with Gasteiger partial charge in [0.15, 0.2) is 0 Å². The Balaban J connectivity index is 2.41. The summed E-state index contributed by atoms with van der Waals surface area (Å²) >= 11 is 1.54. The van der Waals surface area contributed by atoms with Crippen LogP contribution in [0.2, 0.25) is 0 Å². The molecule has 3 nitrogen and oxygen atoms in total. The minimum Gasteiger partial charge on any atom is -0.480 e. The van der Waals surface area contributed by atoms with Crippen molar-refractivity contribution in [1.29, 1.82) is 0 Å². The monoisotopic (exact) mass is 204 g/mol. The molecular weight excluding hydrogens is 188 g/mol. The number of hydrogen-bond donors (Lipinski definition) is 1. The third kappa shape index (κ3) is 2.88. The average molecular weight is 204 g/mol. The van der Waals surface area contributed by atoms with E-state index in [1.54, 1.807) is 11.8 Å². The highest BCUT2D eigenvalue weighted by molar-refractivity contribution is 8.01. The van der Waals surface area contributed by atoms with Crippen molar-refractivity contribution in [2.45, 2.75) is 43.3 Å². The van der Waals surface area contributed by atoms with Crippen LogP contribution in [0.25, 0.3) is 0 Å². The molecule has 0 spiro atoms. The third-order valence-corrected chi connectivity index (χ3v) is 4.12. The van der Waals surface area contributed by atoms with Gasteiger partial charge < -0.3 is 9.84 Å². The van der Waals surface area contributed by atoms with Gasteiger partial charge in [-0.2, -0.15) is 0 Å². The van der Waals surface area contributed by atoms with Crippen LogP contribution in [0.15, 0.2) is 0 Å². The molecule has 1 fully saturated rings. The van der Waals surface area contributed by atoms with Crippen LogP contribution >= 0.6 is 11.8 Å². The second-order valence-electron chi connectivity index (χ2n) is 3.27. The molecule has 0 aromatic carbocycles. The second-order valence-corrected chi connectivity index (χ2v) is 4.72. The SMILES string of the molecule is CCC(SC1CCOC1C)C(=O)O. The fourth-order valence-corrected chi connectivity index (χ4v) is 2.69. The molecule has 13 heavy (non-hydrogen) atoms. The molecule has 1 aliphatic rings. The zero-order valence-corrected chi connectivity index (χ0v) is 8.84. The molecule has 0 saturated carbocycles. The zero-order valence-electron chi connectivity index (χ0n) is 8.03. The Morgan fingerprint density at radius 3 is 2.85 bits per heavy atom. The Morgan fingerprint density at radius 1 is 1.77 bits per heavy atom. The molecule has 0 bridgehead atoms. The number of aliphatic carboxylic acids is 1. The van der Waals surface area contributed by atoms with Crippen LogP contribution in [0.3, 0.4) is 0 Å². The second kappa shape index (κ2) is 4.86. The van der Waals surface area contributed by atoms with Gasteiger partial charge in [-0.15, -0.1) is 11.8 Å². The first-order valence-electron chi connectivity index (χ1n) is 4.65. The molecule has 1 N–H and O–H groups in total. The Bertz CT molecular complexity index is 184. The van der Waals surface area contributed by atoms with E-state index in [1.807, 2.05) is 13.8 Å². The van der Waals surface area contributed by atoms with Gasteiger partial charge in [-0.3, -0.25) is 4.79 Å². The summed E-state index contributed by atoms with van der Waals surface area (Å²) in [5, 5.41) is 8.95. The van der Waals surface area contributed by atoms with Crippen LogP contribution in [-0.4, -0.2) is 34.3 Å². The van der Waals surface area contributed by atoms with E-state index in [1.165, 1.54) is 0 Å². The third-order valence-electron chi connectivity index (χ3n) is 2.29. The maximum absolute atomic E-state index is 10.8. The van der Waals surface area contributed by atoms with E-state index in [0.717, 1.165) is 13.0 Å². The van der Waals surface area contributed by atoms with Gasteiger partial charge >= 0.3 is 5.97 Å². The quantitative estimate of drug-likeness (QED) is 0.758. The predicted octanol–water partition coefficient (Wildman–Crippen LogP) is 1.76. The molecule has 0 aromatic rings. The van der Waals surface area contributed by atoms with Gasteiger partial charge in [0.05, 0.1) is 6.10 Å². The van der Waals surface area contributed by atoms with Gasteiger partial charge in [-0.05, 0) is 19.8 Å². The Kier molecular flexibility index (Phi) is 4.06. The minimum absolute atomic E-state index is 0.207.